The molecule has 0 radical (unpaired) electrons. The van der Waals surface area contributed by atoms with Crippen LogP contribution in [0.1, 0.15) is 0 Å². The summed E-state index contributed by atoms with van der Waals surface area (Å²) in [7, 11) is 1.20. The van der Waals surface area contributed by atoms with Crippen LogP contribution in [0, 0.1) is 10.4 Å². The number of nitrogens with two attached hydrogens (primary N) is 2. The lowest BCUT2D eigenvalue weighted by Gasteiger charge is -2.31. The molecule has 0 fully saturated rings. The van der Waals surface area contributed by atoms with Gasteiger partial charge in [0, 0.05) is 24.3 Å². The molecule has 0 saturated carbocycles. The Kier molecular flexibility index (Phi) is 3.68. The van der Waals surface area contributed by atoms with E-state index in [1.807, 2.05) is 0 Å². The van der Waals surface area contributed by atoms with Crippen molar-refractivity contribution in [1.82, 2.24) is 4.81 Å². The SMILES string of the molecule is C[N+]([O-])(ON)c1ccc([NH+]([O-])ON)cc1. The van der Waals surface area contributed by atoms with E-state index in [9.17, 15) is 10.4 Å². The largest absolute Gasteiger partial charge is 0.593 e. The number of nitrogens with one attached hydrogen (secondary N) is 1. The number of nitrogens with zero attached hydrogens (tertiary/aromatic N) is 1. The maximum atomic E-state index is 11.5. The molecule has 0 aliphatic rings. The van der Waals surface area contributed by atoms with Crippen molar-refractivity contribution >= 4 is 11.4 Å². The molecule has 0 aliphatic heterocycles. The van der Waals surface area contributed by atoms with Crippen LogP contribution in [0.4, 0.5) is 11.4 Å². The smallest absolute Gasteiger partial charge is 0.167 e. The van der Waals surface area contributed by atoms with E-state index in [2.05, 4.69) is 9.88 Å². The minimum atomic E-state index is -1.20. The molecule has 0 heterocycles. The Morgan fingerprint density at radius 3 is 2.20 bits per heavy atom. The number of benzene rings is 1. The lowest BCUT2D eigenvalue weighted by atomic mass is 10.3. The summed E-state index contributed by atoms with van der Waals surface area (Å²) in [5.41, 5.74) is 0.476. The van der Waals surface area contributed by atoms with Gasteiger partial charge in [-0.15, -0.1) is 9.88 Å². The van der Waals surface area contributed by atoms with Crippen molar-refractivity contribution in [3.05, 3.63) is 34.7 Å². The van der Waals surface area contributed by atoms with Gasteiger partial charge in [-0.3, -0.25) is 0 Å². The molecule has 0 saturated heterocycles. The molecule has 1 aromatic rings. The molecule has 5 N–H and O–H groups in total. The summed E-state index contributed by atoms with van der Waals surface area (Å²) >= 11 is 0. The van der Waals surface area contributed by atoms with Crippen molar-refractivity contribution in [2.75, 3.05) is 7.05 Å². The summed E-state index contributed by atoms with van der Waals surface area (Å²) in [6.07, 6.45) is 0. The molecule has 1 aromatic carbocycles. The van der Waals surface area contributed by atoms with Gasteiger partial charge in [0.25, 0.3) is 0 Å². The predicted molar refractivity (Wildman–Crippen MR) is 52.1 cm³/mol. The molecule has 0 bridgehead atoms. The van der Waals surface area contributed by atoms with E-state index in [0.29, 0.717) is 0 Å². The van der Waals surface area contributed by atoms with Gasteiger partial charge in [-0.2, -0.15) is 21.8 Å². The molecule has 0 aliphatic carbocycles. The number of hydroxylamine groups is 2. The summed E-state index contributed by atoms with van der Waals surface area (Å²) in [6.45, 7) is 0. The second-order valence-corrected chi connectivity index (χ2v) is 2.90. The molecule has 0 amide bonds. The van der Waals surface area contributed by atoms with E-state index in [-0.39, 0.29) is 11.4 Å². The maximum absolute atomic E-state index is 11.5. The van der Waals surface area contributed by atoms with E-state index < -0.39 is 10.0 Å². The third-order valence-electron chi connectivity index (χ3n) is 1.88. The molecule has 0 spiro atoms. The van der Waals surface area contributed by atoms with Crippen LogP contribution in [-0.2, 0) is 9.88 Å². The third-order valence-corrected chi connectivity index (χ3v) is 1.88. The molecule has 0 aromatic heterocycles. The summed E-state index contributed by atoms with van der Waals surface area (Å²) < 4.78 is 0. The Bertz CT molecular complexity index is 315. The van der Waals surface area contributed by atoms with Crippen molar-refractivity contribution in [1.29, 1.82) is 0 Å². The average molecular weight is 216 g/mol. The second kappa shape index (κ2) is 4.61. The molecular weight excluding hydrogens is 204 g/mol. The zero-order valence-corrected chi connectivity index (χ0v) is 8.04. The molecule has 84 valence electrons. The van der Waals surface area contributed by atoms with Crippen LogP contribution in [0.25, 0.3) is 0 Å². The summed E-state index contributed by atoms with van der Waals surface area (Å²) in [5, 5.41) is 21.7. The molecule has 1 rings (SSSR count). The van der Waals surface area contributed by atoms with Gasteiger partial charge in [0.1, 0.15) is 7.05 Å². The number of hydrogen-bond acceptors (Lipinski definition) is 6. The van der Waals surface area contributed by atoms with Crippen LogP contribution in [0.5, 0.6) is 0 Å². The Morgan fingerprint density at radius 1 is 1.27 bits per heavy atom. The molecule has 15 heavy (non-hydrogen) atoms. The van der Waals surface area contributed by atoms with Gasteiger partial charge in [-0.25, -0.2) is 0 Å². The van der Waals surface area contributed by atoms with Crippen LogP contribution >= 0.6 is 0 Å². The molecule has 2 atom stereocenters. The van der Waals surface area contributed by atoms with Gasteiger partial charge in [0.15, 0.2) is 11.4 Å². The summed E-state index contributed by atoms with van der Waals surface area (Å²) in [4.78, 5) is 7.00. The lowest BCUT2D eigenvalue weighted by molar-refractivity contribution is -1.00. The van der Waals surface area contributed by atoms with Crippen LogP contribution in [-0.4, -0.2) is 7.05 Å². The van der Waals surface area contributed by atoms with Gasteiger partial charge in [-0.05, 0) is 0 Å². The Hall–Kier alpha value is -1.10. The van der Waals surface area contributed by atoms with Crippen molar-refractivity contribution < 1.29 is 15.1 Å². The van der Waals surface area contributed by atoms with Crippen molar-refractivity contribution in [3.63, 3.8) is 0 Å². The topological polar surface area (TPSA) is 121 Å². The zero-order chi connectivity index (χ0) is 11.5. The fraction of sp³-hybridized carbons (Fsp3) is 0.143. The minimum absolute atomic E-state index is 0.235. The number of quaternary nitrogens is 2. The Balaban J connectivity index is 2.90. The Morgan fingerprint density at radius 2 is 1.80 bits per heavy atom. The van der Waals surface area contributed by atoms with E-state index in [1.54, 1.807) is 0 Å². The molecule has 8 heteroatoms. The maximum Gasteiger partial charge on any atom is 0.167 e. The van der Waals surface area contributed by atoms with Crippen LogP contribution in [0.2, 0.25) is 0 Å². The second-order valence-electron chi connectivity index (χ2n) is 2.90. The van der Waals surface area contributed by atoms with Gasteiger partial charge in [-0.1, -0.05) is 0 Å². The van der Waals surface area contributed by atoms with Crippen molar-refractivity contribution in [3.8, 4) is 0 Å². The first-order valence-corrected chi connectivity index (χ1v) is 3.99. The summed E-state index contributed by atoms with van der Waals surface area (Å²) in [6, 6.07) is 5.56. The molecule has 2 unspecified atom stereocenters. The highest BCUT2D eigenvalue weighted by Gasteiger charge is 2.15. The van der Waals surface area contributed by atoms with E-state index in [4.69, 9.17) is 11.8 Å². The van der Waals surface area contributed by atoms with E-state index in [0.717, 1.165) is 0 Å². The highest BCUT2D eigenvalue weighted by Crippen LogP contribution is 2.20. The molecular formula is C7H12N4O4. The Labute approximate surface area is 85.7 Å². The van der Waals surface area contributed by atoms with E-state index in [1.165, 1.54) is 31.3 Å². The predicted octanol–water partition coefficient (Wildman–Crippen LogP) is -1.25. The summed E-state index contributed by atoms with van der Waals surface area (Å²) in [5.74, 6) is 9.50. The van der Waals surface area contributed by atoms with Gasteiger partial charge >= 0.3 is 0 Å². The highest BCUT2D eigenvalue weighted by atomic mass is 17.0. The monoisotopic (exact) mass is 216 g/mol. The van der Waals surface area contributed by atoms with Crippen LogP contribution in [0.15, 0.2) is 24.3 Å². The third kappa shape index (κ3) is 2.68. The highest BCUT2D eigenvalue weighted by molar-refractivity contribution is 5.46. The average Bonchev–Trinajstić information content (AvgIpc) is 2.28. The standard InChI is InChI=1S/C7H12N4O4/c1-11(13,15-9)7-4-2-6(3-5-7)10(12)14-8/h2-5,10H,8-9H2,1H3. The van der Waals surface area contributed by atoms with E-state index >= 15 is 0 Å². The molecule has 8 nitrogen and oxygen atoms in total. The van der Waals surface area contributed by atoms with Crippen LogP contribution < -0.4 is 21.8 Å². The number of rotatable bonds is 4. The fourth-order valence-electron chi connectivity index (χ4n) is 0.997. The first kappa shape index (κ1) is 12.0. The lowest BCUT2D eigenvalue weighted by Crippen LogP contribution is -3.02. The first-order chi connectivity index (χ1) is 7.01. The van der Waals surface area contributed by atoms with Crippen LogP contribution in [0.3, 0.4) is 0 Å². The van der Waals surface area contributed by atoms with Gasteiger partial charge in [0.2, 0.25) is 0 Å². The van der Waals surface area contributed by atoms with Gasteiger partial charge in [0.05, 0.1) is 0 Å². The quantitative estimate of drug-likeness (QED) is 0.427. The van der Waals surface area contributed by atoms with Gasteiger partial charge < -0.3 is 10.4 Å². The minimum Gasteiger partial charge on any atom is -0.593 e. The van der Waals surface area contributed by atoms with Crippen molar-refractivity contribution in [2.24, 2.45) is 11.8 Å². The normalized spacial score (nSPS) is 17.1. The number of hydrogen-bond donors (Lipinski definition) is 3. The van der Waals surface area contributed by atoms with Crippen molar-refractivity contribution in [2.45, 2.75) is 0 Å². The first-order valence-electron chi connectivity index (χ1n) is 3.99. The fourth-order valence-corrected chi connectivity index (χ4v) is 0.997. The zero-order valence-electron chi connectivity index (χ0n) is 8.04.